The first-order chi connectivity index (χ1) is 17.8. The fraction of sp³-hybridized carbons (Fsp3) is 0.593. The van der Waals surface area contributed by atoms with Gasteiger partial charge in [-0.05, 0) is 37.7 Å². The predicted octanol–water partition coefficient (Wildman–Crippen LogP) is 5.21. The molecule has 38 heavy (non-hydrogen) atoms. The third kappa shape index (κ3) is 7.76. The lowest BCUT2D eigenvalue weighted by molar-refractivity contribution is -0.384. The number of nitro benzene ring substituents is 1. The summed E-state index contributed by atoms with van der Waals surface area (Å²) in [4.78, 5) is 25.4. The number of hydrogen-bond acceptors (Lipinski definition) is 9. The van der Waals surface area contributed by atoms with Crippen LogP contribution in [-0.4, -0.2) is 48.8 Å². The van der Waals surface area contributed by atoms with Gasteiger partial charge in [0.25, 0.3) is 5.69 Å². The minimum Gasteiger partial charge on any atom is -0.545 e. The molecule has 10 nitrogen and oxygen atoms in total. The van der Waals surface area contributed by atoms with E-state index in [1.165, 1.54) is 18.2 Å². The Morgan fingerprint density at radius 1 is 1.08 bits per heavy atom. The highest BCUT2D eigenvalue weighted by molar-refractivity contribution is 7.58. The van der Waals surface area contributed by atoms with E-state index < -0.39 is 24.4 Å². The summed E-state index contributed by atoms with van der Waals surface area (Å²) < 4.78 is 32.3. The SMILES string of the molecule is CCCOCCN1C(C)=C(C(=O)[O-])C(c2cccc([N+](=O)[O-])c2)C(P(=O)(OCC(C)C)OCC(C)C)=C1C. The van der Waals surface area contributed by atoms with Crippen LogP contribution < -0.4 is 5.11 Å². The number of rotatable bonds is 15. The molecule has 0 aromatic heterocycles. The van der Waals surface area contributed by atoms with Crippen LogP contribution in [0.5, 0.6) is 0 Å². The van der Waals surface area contributed by atoms with Gasteiger partial charge in [0.1, 0.15) is 0 Å². The molecule has 1 heterocycles. The number of carbonyl (C=O) groups is 1. The predicted molar refractivity (Wildman–Crippen MR) is 143 cm³/mol. The Kier molecular flexibility index (Phi) is 11.7. The van der Waals surface area contributed by atoms with Gasteiger partial charge in [0, 0.05) is 48.2 Å². The maximum Gasteiger partial charge on any atom is 0.360 e. The minimum absolute atomic E-state index is 0.0168. The third-order valence-electron chi connectivity index (χ3n) is 6.03. The summed E-state index contributed by atoms with van der Waals surface area (Å²) in [6.45, 7) is 14.3. The molecule has 0 fully saturated rings. The molecule has 1 unspecified atom stereocenters. The number of allylic oxidation sites excluding steroid dienone is 3. The average Bonchev–Trinajstić information content (AvgIpc) is 2.85. The van der Waals surface area contributed by atoms with E-state index >= 15 is 0 Å². The van der Waals surface area contributed by atoms with Gasteiger partial charge in [0.05, 0.1) is 36.0 Å². The molecular weight excluding hydrogens is 511 g/mol. The van der Waals surface area contributed by atoms with Crippen molar-refractivity contribution in [2.75, 3.05) is 33.0 Å². The molecule has 0 N–H and O–H groups in total. The lowest BCUT2D eigenvalue weighted by Crippen LogP contribution is -2.38. The van der Waals surface area contributed by atoms with Crippen LogP contribution in [0, 0.1) is 22.0 Å². The first kappa shape index (κ1) is 31.7. The van der Waals surface area contributed by atoms with Crippen molar-refractivity contribution >= 4 is 19.3 Å². The summed E-state index contributed by atoms with van der Waals surface area (Å²) >= 11 is 0. The van der Waals surface area contributed by atoms with E-state index in [0.717, 1.165) is 6.42 Å². The number of nitro groups is 1. The largest absolute Gasteiger partial charge is 0.545 e. The lowest BCUT2D eigenvalue weighted by Gasteiger charge is -2.41. The van der Waals surface area contributed by atoms with Crippen LogP contribution in [0.3, 0.4) is 0 Å². The Morgan fingerprint density at radius 3 is 2.18 bits per heavy atom. The fourth-order valence-corrected chi connectivity index (χ4v) is 6.72. The smallest absolute Gasteiger partial charge is 0.360 e. The molecule has 1 aromatic rings. The number of aliphatic carboxylic acids is 1. The highest BCUT2D eigenvalue weighted by Gasteiger charge is 2.45. The lowest BCUT2D eigenvalue weighted by atomic mass is 9.85. The second-order valence-electron chi connectivity index (χ2n) is 10.2. The number of nitrogens with zero attached hydrogens (tertiary/aromatic N) is 2. The molecule has 0 spiro atoms. The van der Waals surface area contributed by atoms with Gasteiger partial charge in [-0.1, -0.05) is 46.8 Å². The van der Waals surface area contributed by atoms with Crippen molar-refractivity contribution in [1.29, 1.82) is 0 Å². The monoisotopic (exact) mass is 551 g/mol. The minimum atomic E-state index is -4.10. The van der Waals surface area contributed by atoms with Crippen molar-refractivity contribution in [3.63, 3.8) is 0 Å². The van der Waals surface area contributed by atoms with Gasteiger partial charge in [-0.3, -0.25) is 14.7 Å². The summed E-state index contributed by atoms with van der Waals surface area (Å²) in [7, 11) is -4.10. The van der Waals surface area contributed by atoms with Crippen molar-refractivity contribution in [3.8, 4) is 0 Å². The van der Waals surface area contributed by atoms with E-state index in [1.807, 2.05) is 34.6 Å². The van der Waals surface area contributed by atoms with Crippen LogP contribution in [0.1, 0.15) is 66.4 Å². The van der Waals surface area contributed by atoms with Gasteiger partial charge >= 0.3 is 7.60 Å². The van der Waals surface area contributed by atoms with Gasteiger partial charge in [0.2, 0.25) is 0 Å². The van der Waals surface area contributed by atoms with Crippen LogP contribution in [0.15, 0.2) is 46.5 Å². The zero-order chi connectivity index (χ0) is 28.6. The molecule has 1 aliphatic heterocycles. The fourth-order valence-electron chi connectivity index (χ4n) is 4.26. The highest BCUT2D eigenvalue weighted by Crippen LogP contribution is 2.65. The molecule has 0 saturated heterocycles. The molecule has 0 saturated carbocycles. The summed E-state index contributed by atoms with van der Waals surface area (Å²) in [6, 6.07) is 5.67. The summed E-state index contributed by atoms with van der Waals surface area (Å²) in [6.07, 6.45) is 0.829. The molecule has 11 heteroatoms. The van der Waals surface area contributed by atoms with Gasteiger partial charge in [-0.2, -0.15) is 0 Å². The van der Waals surface area contributed by atoms with Crippen LogP contribution in [0.4, 0.5) is 5.69 Å². The third-order valence-corrected chi connectivity index (χ3v) is 8.17. The van der Waals surface area contributed by atoms with Crippen molar-refractivity contribution in [2.45, 2.75) is 60.8 Å². The van der Waals surface area contributed by atoms with Crippen molar-refractivity contribution in [2.24, 2.45) is 11.8 Å². The van der Waals surface area contributed by atoms with Crippen LogP contribution in [0.25, 0.3) is 0 Å². The van der Waals surface area contributed by atoms with Crippen LogP contribution >= 0.6 is 7.60 Å². The standard InChI is InChI=1S/C27H41N2O8P/c1-8-13-35-14-12-28-20(6)24(27(30)31)25(22-10-9-11-23(15-22)29(32)33)26(21(28)7)38(34,36-16-18(2)3)37-17-19(4)5/h9-11,15,18-19,25H,8,12-14,16-17H2,1-7H3,(H,30,31)/p-1. The molecular formula is C27H40N2O8P-. The van der Waals surface area contributed by atoms with Gasteiger partial charge < -0.3 is 28.6 Å². The maximum atomic E-state index is 14.7. The Hall–Kier alpha value is -2.52. The quantitative estimate of drug-likeness (QED) is 0.125. The number of non-ortho nitro benzene ring substituents is 1. The summed E-state index contributed by atoms with van der Waals surface area (Å²) in [5.74, 6) is -2.58. The van der Waals surface area contributed by atoms with E-state index in [-0.39, 0.29) is 47.2 Å². The normalized spacial score (nSPS) is 16.7. The second-order valence-corrected chi connectivity index (χ2v) is 12.2. The Balaban J connectivity index is 2.83. The number of hydrogen-bond donors (Lipinski definition) is 0. The molecule has 2 rings (SSSR count). The van der Waals surface area contributed by atoms with E-state index in [1.54, 1.807) is 24.8 Å². The molecule has 0 bridgehead atoms. The average molecular weight is 552 g/mol. The van der Waals surface area contributed by atoms with Crippen molar-refractivity contribution in [1.82, 2.24) is 4.90 Å². The highest BCUT2D eigenvalue weighted by atomic mass is 31.2. The zero-order valence-electron chi connectivity index (χ0n) is 23.4. The van der Waals surface area contributed by atoms with Crippen molar-refractivity contribution < 1.29 is 33.2 Å². The second kappa shape index (κ2) is 14.0. The first-order valence-corrected chi connectivity index (χ1v) is 14.5. The Labute approximate surface area is 225 Å². The number of carboxylic acid groups (broad SMARTS) is 1. The molecule has 1 aliphatic rings. The number of ether oxygens (including phenoxy) is 1. The maximum absolute atomic E-state index is 14.7. The topological polar surface area (TPSA) is 131 Å². The van der Waals surface area contributed by atoms with Crippen LogP contribution in [0.2, 0.25) is 0 Å². The number of carbonyl (C=O) groups excluding carboxylic acids is 1. The van der Waals surface area contributed by atoms with E-state index in [9.17, 15) is 24.6 Å². The van der Waals surface area contributed by atoms with Crippen LogP contribution in [-0.2, 0) is 23.1 Å². The number of benzene rings is 1. The Morgan fingerprint density at radius 2 is 1.68 bits per heavy atom. The van der Waals surface area contributed by atoms with E-state index in [4.69, 9.17) is 13.8 Å². The molecule has 0 amide bonds. The number of carboxylic acids is 1. The molecule has 212 valence electrons. The summed E-state index contributed by atoms with van der Waals surface area (Å²) in [5, 5.41) is 24.3. The zero-order valence-corrected chi connectivity index (χ0v) is 24.3. The van der Waals surface area contributed by atoms with Gasteiger partial charge in [-0.15, -0.1) is 0 Å². The Bertz CT molecular complexity index is 1100. The van der Waals surface area contributed by atoms with E-state index in [0.29, 0.717) is 31.2 Å². The first-order valence-electron chi connectivity index (χ1n) is 13.0. The molecule has 0 aliphatic carbocycles. The van der Waals surface area contributed by atoms with Crippen molar-refractivity contribution in [3.05, 3.63) is 62.2 Å². The summed E-state index contributed by atoms with van der Waals surface area (Å²) in [5.41, 5.74) is 0.798. The van der Waals surface area contributed by atoms with Gasteiger partial charge in [-0.25, -0.2) is 0 Å². The molecule has 0 radical (unpaired) electrons. The van der Waals surface area contributed by atoms with E-state index in [2.05, 4.69) is 0 Å². The van der Waals surface area contributed by atoms with Gasteiger partial charge in [0.15, 0.2) is 0 Å². The molecule has 1 atom stereocenters. The molecule has 1 aromatic carbocycles.